The van der Waals surface area contributed by atoms with Crippen LogP contribution in [0.25, 0.3) is 0 Å². The van der Waals surface area contributed by atoms with Crippen LogP contribution in [0.3, 0.4) is 0 Å². The Labute approximate surface area is 116 Å². The van der Waals surface area contributed by atoms with Crippen molar-refractivity contribution in [2.24, 2.45) is 0 Å². The molecule has 0 fully saturated rings. The third-order valence-electron chi connectivity index (χ3n) is 2.75. The number of nitrogens with zero attached hydrogens (tertiary/aromatic N) is 4. The predicted octanol–water partition coefficient (Wildman–Crippen LogP) is 0.691. The SMILES string of the molecule is CN(Cc1ncn[nH]1)S(=O)(=O)c1ccc(CC#N)cc1. The highest BCUT2D eigenvalue weighted by molar-refractivity contribution is 7.89. The number of nitriles is 1. The monoisotopic (exact) mass is 291 g/mol. The predicted molar refractivity (Wildman–Crippen MR) is 70.8 cm³/mol. The van der Waals surface area contributed by atoms with Crippen molar-refractivity contribution in [2.45, 2.75) is 17.9 Å². The number of hydrogen-bond donors (Lipinski definition) is 1. The minimum Gasteiger partial charge on any atom is -0.262 e. The number of H-pyrrole nitrogens is 1. The van der Waals surface area contributed by atoms with Gasteiger partial charge < -0.3 is 0 Å². The molecular weight excluding hydrogens is 278 g/mol. The third kappa shape index (κ3) is 3.01. The Balaban J connectivity index is 2.19. The molecule has 0 radical (unpaired) electrons. The van der Waals surface area contributed by atoms with E-state index in [0.29, 0.717) is 5.82 Å². The minimum absolute atomic E-state index is 0.113. The van der Waals surface area contributed by atoms with Gasteiger partial charge in [-0.3, -0.25) is 5.10 Å². The Hall–Kier alpha value is -2.24. The Bertz CT molecular complexity index is 701. The van der Waals surface area contributed by atoms with Gasteiger partial charge in [0.05, 0.1) is 23.9 Å². The largest absolute Gasteiger partial charge is 0.262 e. The molecule has 0 atom stereocenters. The van der Waals surface area contributed by atoms with E-state index in [1.807, 2.05) is 6.07 Å². The van der Waals surface area contributed by atoms with Gasteiger partial charge in [-0.25, -0.2) is 13.4 Å². The van der Waals surface area contributed by atoms with Gasteiger partial charge in [0.15, 0.2) is 0 Å². The first-order chi connectivity index (χ1) is 9.54. The van der Waals surface area contributed by atoms with E-state index in [4.69, 9.17) is 5.26 Å². The first kappa shape index (κ1) is 14.2. The minimum atomic E-state index is -3.58. The summed E-state index contributed by atoms with van der Waals surface area (Å²) < 4.78 is 25.8. The maximum absolute atomic E-state index is 12.3. The number of aromatic nitrogens is 3. The number of nitrogens with one attached hydrogen (secondary N) is 1. The van der Waals surface area contributed by atoms with Crippen molar-refractivity contribution in [2.75, 3.05) is 7.05 Å². The first-order valence-electron chi connectivity index (χ1n) is 5.80. The maximum atomic E-state index is 12.3. The number of sulfonamides is 1. The zero-order chi connectivity index (χ0) is 14.6. The fraction of sp³-hybridized carbons (Fsp3) is 0.250. The molecule has 2 rings (SSSR count). The van der Waals surface area contributed by atoms with Crippen LogP contribution in [-0.4, -0.2) is 35.0 Å². The van der Waals surface area contributed by atoms with Crippen molar-refractivity contribution in [1.82, 2.24) is 19.5 Å². The molecule has 0 aliphatic heterocycles. The van der Waals surface area contributed by atoms with Crippen LogP contribution in [0.15, 0.2) is 35.5 Å². The molecule has 1 N–H and O–H groups in total. The molecule has 0 saturated carbocycles. The normalized spacial score (nSPS) is 11.4. The van der Waals surface area contributed by atoms with Gasteiger partial charge in [-0.2, -0.15) is 14.7 Å². The first-order valence-corrected chi connectivity index (χ1v) is 7.24. The summed E-state index contributed by atoms with van der Waals surface area (Å²) in [5.41, 5.74) is 0.782. The smallest absolute Gasteiger partial charge is 0.243 e. The standard InChI is InChI=1S/C12H13N5O2S/c1-17(8-12-14-9-15-16-12)20(18,19)11-4-2-10(3-5-11)6-7-13/h2-5,9H,6,8H2,1H3,(H,14,15,16). The molecule has 7 nitrogen and oxygen atoms in total. The molecule has 0 unspecified atom stereocenters. The van der Waals surface area contributed by atoms with E-state index >= 15 is 0 Å². The molecule has 0 spiro atoms. The van der Waals surface area contributed by atoms with Crippen molar-refractivity contribution in [1.29, 1.82) is 5.26 Å². The van der Waals surface area contributed by atoms with Crippen LogP contribution < -0.4 is 0 Å². The van der Waals surface area contributed by atoms with E-state index in [1.165, 1.54) is 29.8 Å². The molecule has 1 heterocycles. The lowest BCUT2D eigenvalue weighted by Crippen LogP contribution is -2.27. The van der Waals surface area contributed by atoms with Gasteiger partial charge in [0.2, 0.25) is 10.0 Å². The van der Waals surface area contributed by atoms with Gasteiger partial charge in [0, 0.05) is 7.05 Å². The van der Waals surface area contributed by atoms with Gasteiger partial charge >= 0.3 is 0 Å². The van der Waals surface area contributed by atoms with Gasteiger partial charge in [-0.1, -0.05) is 12.1 Å². The van der Waals surface area contributed by atoms with E-state index in [2.05, 4.69) is 15.2 Å². The average Bonchev–Trinajstić information content (AvgIpc) is 2.92. The molecule has 1 aromatic heterocycles. The van der Waals surface area contributed by atoms with Crippen LogP contribution in [-0.2, 0) is 23.0 Å². The molecular formula is C12H13N5O2S. The van der Waals surface area contributed by atoms with E-state index in [9.17, 15) is 8.42 Å². The molecule has 0 bridgehead atoms. The Kier molecular flexibility index (Phi) is 4.12. The van der Waals surface area contributed by atoms with Crippen LogP contribution in [0, 0.1) is 11.3 Å². The number of rotatable bonds is 5. The van der Waals surface area contributed by atoms with Crippen LogP contribution in [0.5, 0.6) is 0 Å². The summed E-state index contributed by atoms with van der Waals surface area (Å²) in [6.07, 6.45) is 1.58. The molecule has 0 amide bonds. The second kappa shape index (κ2) is 5.81. The van der Waals surface area contributed by atoms with Crippen molar-refractivity contribution in [3.63, 3.8) is 0 Å². The van der Waals surface area contributed by atoms with Gasteiger partial charge in [0.1, 0.15) is 12.2 Å². The lowest BCUT2D eigenvalue weighted by atomic mass is 10.2. The summed E-state index contributed by atoms with van der Waals surface area (Å²) >= 11 is 0. The zero-order valence-electron chi connectivity index (χ0n) is 10.8. The average molecular weight is 291 g/mol. The zero-order valence-corrected chi connectivity index (χ0v) is 11.6. The second-order valence-corrected chi connectivity index (χ2v) is 6.22. The van der Waals surface area contributed by atoms with Crippen LogP contribution in [0.2, 0.25) is 0 Å². The van der Waals surface area contributed by atoms with Crippen LogP contribution in [0.1, 0.15) is 11.4 Å². The molecule has 0 saturated heterocycles. The summed E-state index contributed by atoms with van der Waals surface area (Å²) in [4.78, 5) is 4.07. The Morgan fingerprint density at radius 3 is 2.60 bits per heavy atom. The summed E-state index contributed by atoms with van der Waals surface area (Å²) in [6, 6.07) is 8.29. The fourth-order valence-corrected chi connectivity index (χ4v) is 2.79. The van der Waals surface area contributed by atoms with E-state index in [-0.39, 0.29) is 17.9 Å². The van der Waals surface area contributed by atoms with Crippen molar-refractivity contribution in [3.05, 3.63) is 42.0 Å². The fourth-order valence-electron chi connectivity index (χ4n) is 1.65. The number of benzene rings is 1. The lowest BCUT2D eigenvalue weighted by molar-refractivity contribution is 0.457. The third-order valence-corrected chi connectivity index (χ3v) is 4.57. The molecule has 0 aliphatic rings. The van der Waals surface area contributed by atoms with Crippen LogP contribution >= 0.6 is 0 Å². The van der Waals surface area contributed by atoms with E-state index in [1.54, 1.807) is 12.1 Å². The van der Waals surface area contributed by atoms with Gasteiger partial charge in [-0.15, -0.1) is 0 Å². The molecule has 20 heavy (non-hydrogen) atoms. The van der Waals surface area contributed by atoms with E-state index in [0.717, 1.165) is 5.56 Å². The topological polar surface area (TPSA) is 103 Å². The van der Waals surface area contributed by atoms with Crippen molar-refractivity contribution in [3.8, 4) is 6.07 Å². The highest BCUT2D eigenvalue weighted by atomic mass is 32.2. The molecule has 1 aromatic carbocycles. The summed E-state index contributed by atoms with van der Waals surface area (Å²) in [6.45, 7) is 0.113. The maximum Gasteiger partial charge on any atom is 0.243 e. The highest BCUT2D eigenvalue weighted by Gasteiger charge is 2.21. The second-order valence-electron chi connectivity index (χ2n) is 4.17. The quantitative estimate of drug-likeness (QED) is 0.873. The molecule has 104 valence electrons. The highest BCUT2D eigenvalue weighted by Crippen LogP contribution is 2.16. The Morgan fingerprint density at radius 1 is 1.35 bits per heavy atom. The molecule has 0 aliphatic carbocycles. The van der Waals surface area contributed by atoms with Gasteiger partial charge in [0.25, 0.3) is 0 Å². The summed E-state index contributed by atoms with van der Waals surface area (Å²) in [5.74, 6) is 0.470. The number of hydrogen-bond acceptors (Lipinski definition) is 5. The van der Waals surface area contributed by atoms with Crippen LogP contribution in [0.4, 0.5) is 0 Å². The molecule has 2 aromatic rings. The Morgan fingerprint density at radius 2 is 2.05 bits per heavy atom. The number of aromatic amines is 1. The summed E-state index contributed by atoms with van der Waals surface area (Å²) in [7, 11) is -2.11. The van der Waals surface area contributed by atoms with Crippen molar-refractivity contribution >= 4 is 10.0 Å². The van der Waals surface area contributed by atoms with Crippen molar-refractivity contribution < 1.29 is 8.42 Å². The molecule has 8 heteroatoms. The summed E-state index contributed by atoms with van der Waals surface area (Å²) in [5, 5.41) is 14.9. The van der Waals surface area contributed by atoms with E-state index < -0.39 is 10.0 Å². The van der Waals surface area contributed by atoms with Gasteiger partial charge in [-0.05, 0) is 17.7 Å². The lowest BCUT2D eigenvalue weighted by Gasteiger charge is -2.15.